The fourth-order valence-electron chi connectivity index (χ4n) is 3.61. The Morgan fingerprint density at radius 2 is 1.72 bits per heavy atom. The van der Waals surface area contributed by atoms with Crippen LogP contribution in [0.25, 0.3) is 6.08 Å². The van der Waals surface area contributed by atoms with E-state index in [9.17, 15) is 9.59 Å². The molecule has 0 radical (unpaired) electrons. The molecule has 1 atom stereocenters. The van der Waals surface area contributed by atoms with Crippen molar-refractivity contribution in [2.75, 3.05) is 11.9 Å². The monoisotopic (exact) mass is 504 g/mol. The standard InChI is InChI=1S/C28H28N2O5S/c1-3-18-7-12-22(13-8-18)29-28-30-26(31)25(36-28)16-20-9-14-23(24(15-20)34-4-2)35-17-19-5-10-21(11-6-19)27(32)33/h5-16,28-29H,3-4,17H2,1-2H3,(H,30,31)(H,32,33). The van der Waals surface area contributed by atoms with E-state index in [0.717, 1.165) is 23.2 Å². The Balaban J connectivity index is 1.43. The van der Waals surface area contributed by atoms with Crippen molar-refractivity contribution in [3.63, 3.8) is 0 Å². The topological polar surface area (TPSA) is 96.9 Å². The van der Waals surface area contributed by atoms with E-state index in [-0.39, 0.29) is 23.6 Å². The first-order valence-electron chi connectivity index (χ1n) is 11.7. The van der Waals surface area contributed by atoms with Crippen molar-refractivity contribution in [1.29, 1.82) is 0 Å². The SMILES string of the molecule is CCOc1cc(C=C2SC(Nc3ccc(CC)cc3)NC2=O)ccc1OCc1ccc(C(=O)O)cc1. The van der Waals surface area contributed by atoms with E-state index in [4.69, 9.17) is 14.6 Å². The third kappa shape index (κ3) is 6.40. The van der Waals surface area contributed by atoms with Crippen LogP contribution in [0.5, 0.6) is 11.5 Å². The first-order valence-corrected chi connectivity index (χ1v) is 12.6. The average molecular weight is 505 g/mol. The minimum atomic E-state index is -0.965. The molecule has 0 aromatic heterocycles. The number of benzene rings is 3. The number of nitrogens with one attached hydrogen (secondary N) is 2. The van der Waals surface area contributed by atoms with Gasteiger partial charge in [-0.25, -0.2) is 4.79 Å². The number of anilines is 1. The molecule has 4 rings (SSSR count). The summed E-state index contributed by atoms with van der Waals surface area (Å²) in [7, 11) is 0. The van der Waals surface area contributed by atoms with Crippen molar-refractivity contribution in [3.05, 3.63) is 93.9 Å². The molecule has 0 spiro atoms. The van der Waals surface area contributed by atoms with Crippen LogP contribution in [-0.4, -0.2) is 29.1 Å². The Bertz CT molecular complexity index is 1260. The molecule has 1 saturated heterocycles. The molecule has 186 valence electrons. The smallest absolute Gasteiger partial charge is 0.335 e. The number of rotatable bonds is 10. The van der Waals surface area contributed by atoms with E-state index < -0.39 is 5.97 Å². The number of amides is 1. The number of hydrogen-bond acceptors (Lipinski definition) is 6. The van der Waals surface area contributed by atoms with E-state index in [0.29, 0.717) is 23.0 Å². The highest BCUT2D eigenvalue weighted by molar-refractivity contribution is 8.05. The second-order valence-electron chi connectivity index (χ2n) is 8.10. The molecule has 36 heavy (non-hydrogen) atoms. The van der Waals surface area contributed by atoms with Crippen LogP contribution in [0.3, 0.4) is 0 Å². The molecule has 1 heterocycles. The number of aryl methyl sites for hydroxylation is 1. The average Bonchev–Trinajstić information content (AvgIpc) is 3.22. The summed E-state index contributed by atoms with van der Waals surface area (Å²) >= 11 is 1.43. The van der Waals surface area contributed by atoms with Gasteiger partial charge in [-0.2, -0.15) is 0 Å². The highest BCUT2D eigenvalue weighted by Gasteiger charge is 2.27. The molecular weight excluding hydrogens is 476 g/mol. The lowest BCUT2D eigenvalue weighted by Gasteiger charge is -2.13. The van der Waals surface area contributed by atoms with Crippen molar-refractivity contribution in [1.82, 2.24) is 5.32 Å². The van der Waals surface area contributed by atoms with Crippen molar-refractivity contribution in [2.45, 2.75) is 32.4 Å². The van der Waals surface area contributed by atoms with Crippen LogP contribution < -0.4 is 20.1 Å². The molecule has 3 aromatic rings. The molecule has 8 heteroatoms. The second-order valence-corrected chi connectivity index (χ2v) is 9.25. The molecule has 0 bridgehead atoms. The van der Waals surface area contributed by atoms with Gasteiger partial charge in [0, 0.05) is 5.69 Å². The normalized spacial score (nSPS) is 16.0. The molecule has 0 saturated carbocycles. The number of aromatic carboxylic acids is 1. The zero-order valence-electron chi connectivity index (χ0n) is 20.1. The van der Waals surface area contributed by atoms with E-state index in [2.05, 4.69) is 29.7 Å². The first-order chi connectivity index (χ1) is 17.4. The first kappa shape index (κ1) is 25.2. The van der Waals surface area contributed by atoms with Gasteiger partial charge in [0.25, 0.3) is 5.91 Å². The molecule has 1 fully saturated rings. The Morgan fingerprint density at radius 3 is 2.39 bits per heavy atom. The maximum absolute atomic E-state index is 12.5. The predicted octanol–water partition coefficient (Wildman–Crippen LogP) is 5.52. The number of carboxylic acid groups (broad SMARTS) is 1. The van der Waals surface area contributed by atoms with Gasteiger partial charge in [0.15, 0.2) is 17.0 Å². The van der Waals surface area contributed by atoms with Crippen LogP contribution in [-0.2, 0) is 17.8 Å². The summed E-state index contributed by atoms with van der Waals surface area (Å²) < 4.78 is 11.7. The lowest BCUT2D eigenvalue weighted by Crippen LogP contribution is -2.30. The Morgan fingerprint density at radius 1 is 1.00 bits per heavy atom. The summed E-state index contributed by atoms with van der Waals surface area (Å²) in [6.07, 6.45) is 2.81. The van der Waals surface area contributed by atoms with Gasteiger partial charge in [0.1, 0.15) is 6.61 Å². The van der Waals surface area contributed by atoms with Gasteiger partial charge in [-0.3, -0.25) is 4.79 Å². The van der Waals surface area contributed by atoms with Gasteiger partial charge >= 0.3 is 5.97 Å². The summed E-state index contributed by atoms with van der Waals surface area (Å²) in [5.74, 6) is 0.0430. The van der Waals surface area contributed by atoms with Crippen LogP contribution in [0.1, 0.15) is 40.9 Å². The summed E-state index contributed by atoms with van der Waals surface area (Å²) in [6, 6.07) is 20.2. The third-order valence-electron chi connectivity index (χ3n) is 5.55. The van der Waals surface area contributed by atoms with Crippen molar-refractivity contribution >= 4 is 35.4 Å². The van der Waals surface area contributed by atoms with Crippen LogP contribution >= 0.6 is 11.8 Å². The minimum Gasteiger partial charge on any atom is -0.490 e. The fourth-order valence-corrected chi connectivity index (χ4v) is 4.60. The lowest BCUT2D eigenvalue weighted by molar-refractivity contribution is -0.116. The summed E-state index contributed by atoms with van der Waals surface area (Å²) in [5.41, 5.74) is 3.85. The molecule has 7 nitrogen and oxygen atoms in total. The molecule has 1 aliphatic heterocycles. The molecular formula is C28H28N2O5S. The maximum atomic E-state index is 12.5. The Hall–Kier alpha value is -3.91. The molecule has 3 aromatic carbocycles. The predicted molar refractivity (Wildman–Crippen MR) is 142 cm³/mol. The number of hydrogen-bond donors (Lipinski definition) is 3. The molecule has 3 N–H and O–H groups in total. The van der Waals surface area contributed by atoms with Crippen molar-refractivity contribution in [2.24, 2.45) is 0 Å². The molecule has 1 amide bonds. The van der Waals surface area contributed by atoms with Gasteiger partial charge < -0.3 is 25.2 Å². The van der Waals surface area contributed by atoms with Crippen LogP contribution in [0, 0.1) is 0 Å². The number of ether oxygens (including phenoxy) is 2. The van der Waals surface area contributed by atoms with E-state index in [1.807, 2.05) is 43.3 Å². The number of carbonyl (C=O) groups is 2. The highest BCUT2D eigenvalue weighted by atomic mass is 32.2. The van der Waals surface area contributed by atoms with Gasteiger partial charge in [-0.05, 0) is 72.5 Å². The maximum Gasteiger partial charge on any atom is 0.335 e. The fraction of sp³-hybridized carbons (Fsp3) is 0.214. The second kappa shape index (κ2) is 11.7. The highest BCUT2D eigenvalue weighted by Crippen LogP contribution is 2.34. The molecule has 0 aliphatic carbocycles. The quantitative estimate of drug-likeness (QED) is 0.313. The molecule has 1 aliphatic rings. The van der Waals surface area contributed by atoms with Crippen LogP contribution in [0.2, 0.25) is 0 Å². The largest absolute Gasteiger partial charge is 0.490 e. The Labute approximate surface area is 214 Å². The van der Waals surface area contributed by atoms with Crippen molar-refractivity contribution in [3.8, 4) is 11.5 Å². The zero-order chi connectivity index (χ0) is 25.5. The van der Waals surface area contributed by atoms with Gasteiger partial charge in [-0.15, -0.1) is 0 Å². The number of carboxylic acids is 1. The third-order valence-corrected chi connectivity index (χ3v) is 6.58. The summed E-state index contributed by atoms with van der Waals surface area (Å²) in [4.78, 5) is 24.2. The van der Waals surface area contributed by atoms with Crippen LogP contribution in [0.4, 0.5) is 5.69 Å². The van der Waals surface area contributed by atoms with E-state index in [1.54, 1.807) is 24.3 Å². The zero-order valence-corrected chi connectivity index (χ0v) is 20.9. The minimum absolute atomic E-state index is 0.134. The molecule has 1 unspecified atom stereocenters. The summed E-state index contributed by atoms with van der Waals surface area (Å²) in [5, 5.41) is 15.3. The summed E-state index contributed by atoms with van der Waals surface area (Å²) in [6.45, 7) is 4.74. The number of thioether (sulfide) groups is 1. The van der Waals surface area contributed by atoms with Crippen LogP contribution in [0.15, 0.2) is 71.6 Å². The van der Waals surface area contributed by atoms with E-state index >= 15 is 0 Å². The van der Waals surface area contributed by atoms with E-state index in [1.165, 1.54) is 17.3 Å². The Kier molecular flexibility index (Phi) is 8.17. The van der Waals surface area contributed by atoms with Gasteiger partial charge in [-0.1, -0.05) is 49.0 Å². The van der Waals surface area contributed by atoms with Gasteiger partial charge in [0.05, 0.1) is 17.1 Å². The number of carbonyl (C=O) groups excluding carboxylic acids is 1. The van der Waals surface area contributed by atoms with Crippen molar-refractivity contribution < 1.29 is 24.2 Å². The lowest BCUT2D eigenvalue weighted by atomic mass is 10.1. The van der Waals surface area contributed by atoms with Gasteiger partial charge in [0.2, 0.25) is 0 Å².